The molecule has 2 N–H and O–H groups in total. The van der Waals surface area contributed by atoms with Gasteiger partial charge >= 0.3 is 0 Å². The number of aromatic amines is 1. The van der Waals surface area contributed by atoms with E-state index in [0.717, 1.165) is 16.5 Å². The van der Waals surface area contributed by atoms with Gasteiger partial charge in [0.1, 0.15) is 5.75 Å². The Morgan fingerprint density at radius 3 is 2.76 bits per heavy atom. The predicted octanol–water partition coefficient (Wildman–Crippen LogP) is 3.46. The van der Waals surface area contributed by atoms with Crippen molar-refractivity contribution >= 4 is 22.6 Å². The number of para-hydroxylation sites is 1. The second kappa shape index (κ2) is 7.66. The Morgan fingerprint density at radius 1 is 1.08 bits per heavy atom. The third-order valence-electron chi connectivity index (χ3n) is 4.12. The average Bonchev–Trinajstić information content (AvgIpc) is 3.07. The summed E-state index contributed by atoms with van der Waals surface area (Å²) >= 11 is 0. The number of nitrogens with one attached hydrogen (secondary N) is 2. The van der Waals surface area contributed by atoms with Gasteiger partial charge in [-0.2, -0.15) is 0 Å². The maximum absolute atomic E-state index is 12.2. The molecule has 0 aliphatic carbocycles. The van der Waals surface area contributed by atoms with E-state index in [-0.39, 0.29) is 24.5 Å². The molecule has 5 nitrogen and oxygen atoms in total. The van der Waals surface area contributed by atoms with Crippen molar-refractivity contribution < 1.29 is 14.3 Å². The van der Waals surface area contributed by atoms with Crippen molar-refractivity contribution in [1.82, 2.24) is 10.3 Å². The van der Waals surface area contributed by atoms with Crippen LogP contribution in [0.1, 0.15) is 28.8 Å². The predicted molar refractivity (Wildman–Crippen MR) is 96.7 cm³/mol. The number of carbonyl (C=O) groups excluding carboxylic acids is 2. The fourth-order valence-corrected chi connectivity index (χ4v) is 2.73. The Kier molecular flexibility index (Phi) is 5.14. The van der Waals surface area contributed by atoms with Gasteiger partial charge in [-0.15, -0.1) is 0 Å². The summed E-state index contributed by atoms with van der Waals surface area (Å²) in [5.41, 5.74) is 2.63. The second-order valence-corrected chi connectivity index (χ2v) is 5.79. The summed E-state index contributed by atoms with van der Waals surface area (Å²) in [6, 6.07) is 14.9. The number of hydrogen-bond donors (Lipinski definition) is 2. The van der Waals surface area contributed by atoms with Crippen molar-refractivity contribution in [3.8, 4) is 5.75 Å². The Labute approximate surface area is 146 Å². The minimum atomic E-state index is -0.137. The van der Waals surface area contributed by atoms with E-state index in [9.17, 15) is 9.59 Å². The molecule has 0 fully saturated rings. The number of hydrogen-bond acceptors (Lipinski definition) is 3. The summed E-state index contributed by atoms with van der Waals surface area (Å²) in [5.74, 6) is 0.428. The zero-order valence-corrected chi connectivity index (χ0v) is 14.0. The summed E-state index contributed by atoms with van der Waals surface area (Å²) < 4.78 is 5.11. The van der Waals surface area contributed by atoms with E-state index in [2.05, 4.69) is 10.3 Å². The van der Waals surface area contributed by atoms with Gasteiger partial charge < -0.3 is 15.0 Å². The van der Waals surface area contributed by atoms with Gasteiger partial charge in [-0.25, -0.2) is 0 Å². The van der Waals surface area contributed by atoms with Gasteiger partial charge in [-0.3, -0.25) is 9.59 Å². The molecule has 0 bridgehead atoms. The monoisotopic (exact) mass is 336 g/mol. The van der Waals surface area contributed by atoms with Gasteiger partial charge in [0, 0.05) is 42.0 Å². The Morgan fingerprint density at radius 2 is 1.92 bits per heavy atom. The lowest BCUT2D eigenvalue weighted by atomic mass is 10.1. The first-order chi connectivity index (χ1) is 12.2. The van der Waals surface area contributed by atoms with Crippen molar-refractivity contribution in [2.45, 2.75) is 19.4 Å². The van der Waals surface area contributed by atoms with E-state index in [1.54, 1.807) is 31.4 Å². The van der Waals surface area contributed by atoms with E-state index < -0.39 is 0 Å². The third kappa shape index (κ3) is 4.07. The van der Waals surface area contributed by atoms with Crippen LogP contribution < -0.4 is 10.1 Å². The van der Waals surface area contributed by atoms with Crippen LogP contribution in [-0.4, -0.2) is 23.8 Å². The normalized spacial score (nSPS) is 10.6. The highest BCUT2D eigenvalue weighted by Crippen LogP contribution is 2.17. The maximum atomic E-state index is 12.2. The molecule has 0 aliphatic rings. The molecule has 0 saturated heterocycles. The molecular weight excluding hydrogens is 316 g/mol. The van der Waals surface area contributed by atoms with Crippen LogP contribution in [-0.2, 0) is 11.3 Å². The van der Waals surface area contributed by atoms with Crippen LogP contribution >= 0.6 is 0 Å². The largest absolute Gasteiger partial charge is 0.497 e. The zero-order valence-electron chi connectivity index (χ0n) is 14.0. The van der Waals surface area contributed by atoms with Crippen molar-refractivity contribution in [1.29, 1.82) is 0 Å². The number of methoxy groups -OCH3 is 1. The van der Waals surface area contributed by atoms with Crippen molar-refractivity contribution in [3.05, 3.63) is 65.9 Å². The van der Waals surface area contributed by atoms with E-state index in [4.69, 9.17) is 4.74 Å². The molecule has 1 heterocycles. The van der Waals surface area contributed by atoms with Crippen LogP contribution in [0.4, 0.5) is 0 Å². The quantitative estimate of drug-likeness (QED) is 0.649. The van der Waals surface area contributed by atoms with Crippen LogP contribution in [0.15, 0.2) is 54.7 Å². The zero-order chi connectivity index (χ0) is 17.6. The molecule has 0 radical (unpaired) electrons. The highest BCUT2D eigenvalue weighted by Gasteiger charge is 2.11. The number of Topliss-reactive ketones (excluding diaryl/α,β-unsaturated/α-hetero) is 1. The Balaban J connectivity index is 1.51. The highest BCUT2D eigenvalue weighted by molar-refractivity contribution is 5.98. The summed E-state index contributed by atoms with van der Waals surface area (Å²) in [4.78, 5) is 27.4. The summed E-state index contributed by atoms with van der Waals surface area (Å²) in [6.45, 7) is 0.441. The van der Waals surface area contributed by atoms with Crippen molar-refractivity contribution in [2.24, 2.45) is 0 Å². The van der Waals surface area contributed by atoms with Crippen LogP contribution in [0, 0.1) is 0 Å². The Bertz CT molecular complexity index is 899. The van der Waals surface area contributed by atoms with Crippen molar-refractivity contribution in [2.75, 3.05) is 7.11 Å². The van der Waals surface area contributed by atoms with Gasteiger partial charge in [-0.05, 0) is 23.8 Å². The Hall–Kier alpha value is -3.08. The van der Waals surface area contributed by atoms with Crippen LogP contribution in [0.5, 0.6) is 5.75 Å². The van der Waals surface area contributed by atoms with Gasteiger partial charge in [0.25, 0.3) is 0 Å². The average molecular weight is 336 g/mol. The van der Waals surface area contributed by atoms with E-state index >= 15 is 0 Å². The summed E-state index contributed by atoms with van der Waals surface area (Å²) in [7, 11) is 1.56. The number of rotatable bonds is 7. The molecule has 0 atom stereocenters. The number of H-pyrrole nitrogens is 1. The molecule has 1 amide bonds. The van der Waals surface area contributed by atoms with Crippen LogP contribution in [0.2, 0.25) is 0 Å². The number of carbonyl (C=O) groups is 2. The first-order valence-corrected chi connectivity index (χ1v) is 8.16. The SMILES string of the molecule is COc1cccc(C(=O)CCC(=O)NCc2c[nH]c3ccccc23)c1. The lowest BCUT2D eigenvalue weighted by molar-refractivity contribution is -0.121. The van der Waals surface area contributed by atoms with E-state index in [1.807, 2.05) is 30.5 Å². The first-order valence-electron chi connectivity index (χ1n) is 8.16. The molecule has 1 aromatic heterocycles. The topological polar surface area (TPSA) is 71.2 Å². The van der Waals surface area contributed by atoms with Crippen molar-refractivity contribution in [3.63, 3.8) is 0 Å². The lowest BCUT2D eigenvalue weighted by Crippen LogP contribution is -2.23. The van der Waals surface area contributed by atoms with E-state index in [0.29, 0.717) is 17.9 Å². The number of aromatic nitrogens is 1. The molecule has 0 spiro atoms. The van der Waals surface area contributed by atoms with Crippen LogP contribution in [0.3, 0.4) is 0 Å². The fraction of sp³-hybridized carbons (Fsp3) is 0.200. The highest BCUT2D eigenvalue weighted by atomic mass is 16.5. The molecule has 25 heavy (non-hydrogen) atoms. The lowest BCUT2D eigenvalue weighted by Gasteiger charge is -2.06. The maximum Gasteiger partial charge on any atom is 0.220 e. The molecule has 3 aromatic rings. The van der Waals surface area contributed by atoms with Gasteiger partial charge in [0.15, 0.2) is 5.78 Å². The summed E-state index contributed by atoms with van der Waals surface area (Å²) in [5, 5.41) is 3.96. The summed E-state index contributed by atoms with van der Waals surface area (Å²) in [6.07, 6.45) is 2.23. The van der Waals surface area contributed by atoms with E-state index in [1.165, 1.54) is 0 Å². The minimum absolute atomic E-state index is 0.0684. The first kappa shape index (κ1) is 16.8. The molecule has 0 saturated carbocycles. The fourth-order valence-electron chi connectivity index (χ4n) is 2.73. The smallest absolute Gasteiger partial charge is 0.220 e. The molecule has 5 heteroatoms. The number of benzene rings is 2. The van der Waals surface area contributed by atoms with Gasteiger partial charge in [0.05, 0.1) is 7.11 Å². The molecule has 0 aliphatic heterocycles. The standard InChI is InChI=1S/C20H20N2O3/c1-25-16-6-4-5-14(11-16)19(23)9-10-20(24)22-13-15-12-21-18-8-3-2-7-17(15)18/h2-8,11-12,21H,9-10,13H2,1H3,(H,22,24). The van der Waals surface area contributed by atoms with Crippen LogP contribution in [0.25, 0.3) is 10.9 Å². The number of amides is 1. The molecular formula is C20H20N2O3. The number of ketones is 1. The second-order valence-electron chi connectivity index (χ2n) is 5.79. The molecule has 3 rings (SSSR count). The third-order valence-corrected chi connectivity index (χ3v) is 4.12. The van der Waals surface area contributed by atoms with Gasteiger partial charge in [0.2, 0.25) is 5.91 Å². The number of fused-ring (bicyclic) bond motifs is 1. The van der Waals surface area contributed by atoms with Gasteiger partial charge in [-0.1, -0.05) is 30.3 Å². The molecule has 128 valence electrons. The minimum Gasteiger partial charge on any atom is -0.497 e. The molecule has 0 unspecified atom stereocenters. The number of ether oxygens (including phenoxy) is 1. The molecule has 2 aromatic carbocycles.